The zero-order valence-corrected chi connectivity index (χ0v) is 18.3. The molecule has 2 heterocycles. The number of nitrogens with zero attached hydrogens (tertiary/aromatic N) is 2. The van der Waals surface area contributed by atoms with Crippen LogP contribution in [0.3, 0.4) is 0 Å². The van der Waals surface area contributed by atoms with Gasteiger partial charge in [0.1, 0.15) is 16.2 Å². The number of benzene rings is 1. The minimum atomic E-state index is -0.307. The van der Waals surface area contributed by atoms with E-state index in [0.717, 1.165) is 28.1 Å². The fraction of sp³-hybridized carbons (Fsp3) is 0.364. The van der Waals surface area contributed by atoms with Crippen LogP contribution in [0, 0.1) is 5.92 Å². The molecule has 0 saturated carbocycles. The molecule has 0 radical (unpaired) electrons. The molecule has 0 fully saturated rings. The van der Waals surface area contributed by atoms with Gasteiger partial charge >= 0.3 is 0 Å². The lowest BCUT2D eigenvalue weighted by Gasteiger charge is -2.18. The minimum absolute atomic E-state index is 0.00747. The molecule has 1 amide bonds. The standard InChI is InChI=1S/C22H23N3O2S2/c1-12-4-9-17-18(10-12)29-22-19(17)21(23-11-24-22)28-14(3)20(27)25-16-7-5-15(6-8-16)13(2)26/h5-8,11-12,14H,4,9-10H2,1-3H3,(H,25,27)/t12-,14+/m0/s1. The van der Waals surface area contributed by atoms with Gasteiger partial charge in [-0.05, 0) is 68.9 Å². The monoisotopic (exact) mass is 425 g/mol. The second-order valence-electron chi connectivity index (χ2n) is 7.59. The third kappa shape index (κ3) is 4.21. The number of hydrogen-bond acceptors (Lipinski definition) is 6. The molecular weight excluding hydrogens is 402 g/mol. The molecule has 150 valence electrons. The van der Waals surface area contributed by atoms with Gasteiger partial charge in [0.15, 0.2) is 5.78 Å². The summed E-state index contributed by atoms with van der Waals surface area (Å²) < 4.78 is 0. The topological polar surface area (TPSA) is 72.0 Å². The number of carbonyl (C=O) groups is 2. The molecular formula is C22H23N3O2S2. The minimum Gasteiger partial charge on any atom is -0.325 e. The second-order valence-corrected chi connectivity index (χ2v) is 10.0. The summed E-state index contributed by atoms with van der Waals surface area (Å²) in [6.45, 7) is 5.71. The van der Waals surface area contributed by atoms with Crippen molar-refractivity contribution in [1.29, 1.82) is 0 Å². The summed E-state index contributed by atoms with van der Waals surface area (Å²) in [5, 5.41) is 4.64. The number of hydrogen-bond donors (Lipinski definition) is 1. The third-order valence-electron chi connectivity index (χ3n) is 5.27. The Labute approximate surface area is 178 Å². The molecule has 0 bridgehead atoms. The number of thioether (sulfide) groups is 1. The molecule has 0 saturated heterocycles. The number of ketones is 1. The molecule has 29 heavy (non-hydrogen) atoms. The van der Waals surface area contributed by atoms with Crippen LogP contribution in [-0.2, 0) is 17.6 Å². The van der Waals surface area contributed by atoms with Crippen LogP contribution in [0.25, 0.3) is 10.2 Å². The lowest BCUT2D eigenvalue weighted by molar-refractivity contribution is -0.115. The number of anilines is 1. The first-order valence-corrected chi connectivity index (χ1v) is 11.5. The van der Waals surface area contributed by atoms with Crippen LogP contribution in [-0.4, -0.2) is 26.9 Å². The predicted molar refractivity (Wildman–Crippen MR) is 119 cm³/mol. The van der Waals surface area contributed by atoms with E-state index in [-0.39, 0.29) is 16.9 Å². The highest BCUT2D eigenvalue weighted by Gasteiger charge is 2.25. The first kappa shape index (κ1) is 20.0. The van der Waals surface area contributed by atoms with E-state index in [1.165, 1.54) is 35.5 Å². The number of Topliss-reactive ketones (excluding diaryl/α,β-unsaturated/α-hetero) is 1. The van der Waals surface area contributed by atoms with Crippen LogP contribution in [0.4, 0.5) is 5.69 Å². The van der Waals surface area contributed by atoms with E-state index < -0.39 is 0 Å². The summed E-state index contributed by atoms with van der Waals surface area (Å²) in [4.78, 5) is 35.5. The fourth-order valence-corrected chi connectivity index (χ4v) is 5.95. The van der Waals surface area contributed by atoms with Crippen molar-refractivity contribution in [3.05, 3.63) is 46.6 Å². The smallest absolute Gasteiger partial charge is 0.237 e. The molecule has 1 aliphatic rings. The lowest BCUT2D eigenvalue weighted by atomic mass is 9.89. The van der Waals surface area contributed by atoms with E-state index in [1.807, 2.05) is 6.92 Å². The van der Waals surface area contributed by atoms with Gasteiger partial charge in [0.25, 0.3) is 0 Å². The number of rotatable bonds is 5. The van der Waals surface area contributed by atoms with E-state index in [2.05, 4.69) is 22.2 Å². The Kier molecular flexibility index (Phi) is 5.69. The highest BCUT2D eigenvalue weighted by Crippen LogP contribution is 2.41. The Hall–Kier alpha value is -2.25. The van der Waals surface area contributed by atoms with Gasteiger partial charge < -0.3 is 5.32 Å². The Bertz CT molecular complexity index is 1080. The molecule has 1 N–H and O–H groups in total. The van der Waals surface area contributed by atoms with Gasteiger partial charge in [0.05, 0.1) is 5.25 Å². The highest BCUT2D eigenvalue weighted by molar-refractivity contribution is 8.00. The van der Waals surface area contributed by atoms with Crippen LogP contribution in [0.15, 0.2) is 35.6 Å². The van der Waals surface area contributed by atoms with E-state index >= 15 is 0 Å². The Morgan fingerprint density at radius 3 is 2.72 bits per heavy atom. The Morgan fingerprint density at radius 2 is 2.00 bits per heavy atom. The van der Waals surface area contributed by atoms with Crippen LogP contribution < -0.4 is 5.32 Å². The quantitative estimate of drug-likeness (QED) is 0.348. The maximum absolute atomic E-state index is 12.7. The SMILES string of the molecule is CC(=O)c1ccc(NC(=O)[C@@H](C)Sc2ncnc3sc4c(c23)CC[C@H](C)C4)cc1. The Balaban J connectivity index is 1.52. The number of aromatic nitrogens is 2. The molecule has 7 heteroatoms. The third-order valence-corrected chi connectivity index (χ3v) is 7.54. The van der Waals surface area contributed by atoms with E-state index in [9.17, 15) is 9.59 Å². The number of amides is 1. The van der Waals surface area contributed by atoms with Gasteiger partial charge in [-0.3, -0.25) is 9.59 Å². The zero-order chi connectivity index (χ0) is 20.5. The van der Waals surface area contributed by atoms with E-state index in [0.29, 0.717) is 17.2 Å². The summed E-state index contributed by atoms with van der Waals surface area (Å²) >= 11 is 3.24. The first-order chi connectivity index (χ1) is 13.9. The van der Waals surface area contributed by atoms with Crippen molar-refractivity contribution >= 4 is 50.7 Å². The van der Waals surface area contributed by atoms with Gasteiger partial charge in [-0.25, -0.2) is 9.97 Å². The number of thiophene rings is 1. The number of aryl methyl sites for hydroxylation is 1. The molecule has 1 aromatic carbocycles. The molecule has 1 aliphatic carbocycles. The van der Waals surface area contributed by atoms with Crippen LogP contribution >= 0.6 is 23.1 Å². The van der Waals surface area contributed by atoms with E-state index in [4.69, 9.17) is 0 Å². The van der Waals surface area contributed by atoms with Crippen molar-refractivity contribution < 1.29 is 9.59 Å². The van der Waals surface area contributed by atoms with Crippen molar-refractivity contribution in [2.75, 3.05) is 5.32 Å². The van der Waals surface area contributed by atoms with Crippen molar-refractivity contribution in [1.82, 2.24) is 9.97 Å². The number of carbonyl (C=O) groups excluding carboxylic acids is 2. The molecule has 3 aromatic rings. The Morgan fingerprint density at radius 1 is 1.24 bits per heavy atom. The van der Waals surface area contributed by atoms with Crippen molar-refractivity contribution in [2.45, 2.75) is 50.3 Å². The largest absolute Gasteiger partial charge is 0.325 e. The molecule has 5 nitrogen and oxygen atoms in total. The van der Waals surface area contributed by atoms with Crippen molar-refractivity contribution in [3.63, 3.8) is 0 Å². The van der Waals surface area contributed by atoms with E-state index in [1.54, 1.807) is 41.9 Å². The van der Waals surface area contributed by atoms with Crippen LogP contribution in [0.1, 0.15) is 48.0 Å². The lowest BCUT2D eigenvalue weighted by Crippen LogP contribution is -2.22. The summed E-state index contributed by atoms with van der Waals surface area (Å²) in [6.07, 6.45) is 4.94. The van der Waals surface area contributed by atoms with Gasteiger partial charge in [0, 0.05) is 21.5 Å². The van der Waals surface area contributed by atoms with Gasteiger partial charge in [-0.2, -0.15) is 0 Å². The summed E-state index contributed by atoms with van der Waals surface area (Å²) in [7, 11) is 0. The zero-order valence-electron chi connectivity index (χ0n) is 16.7. The van der Waals surface area contributed by atoms with Crippen molar-refractivity contribution in [2.24, 2.45) is 5.92 Å². The van der Waals surface area contributed by atoms with Crippen molar-refractivity contribution in [3.8, 4) is 0 Å². The predicted octanol–water partition coefficient (Wildman–Crippen LogP) is 5.14. The molecule has 0 unspecified atom stereocenters. The van der Waals surface area contributed by atoms with Crippen LogP contribution in [0.2, 0.25) is 0 Å². The maximum Gasteiger partial charge on any atom is 0.237 e. The highest BCUT2D eigenvalue weighted by atomic mass is 32.2. The van der Waals surface area contributed by atoms with Gasteiger partial charge in [-0.15, -0.1) is 11.3 Å². The van der Waals surface area contributed by atoms with Gasteiger partial charge in [0.2, 0.25) is 5.91 Å². The molecule has 0 spiro atoms. The fourth-order valence-electron chi connectivity index (χ4n) is 3.59. The number of fused-ring (bicyclic) bond motifs is 3. The molecule has 2 aromatic heterocycles. The summed E-state index contributed by atoms with van der Waals surface area (Å²) in [5.74, 6) is 0.627. The average Bonchev–Trinajstić information content (AvgIpc) is 3.06. The van der Waals surface area contributed by atoms with Gasteiger partial charge in [-0.1, -0.05) is 18.7 Å². The average molecular weight is 426 g/mol. The first-order valence-electron chi connectivity index (χ1n) is 9.76. The molecule has 0 aliphatic heterocycles. The molecule has 4 rings (SSSR count). The summed E-state index contributed by atoms with van der Waals surface area (Å²) in [6, 6.07) is 6.96. The second kappa shape index (κ2) is 8.24. The number of nitrogens with one attached hydrogen (secondary N) is 1. The summed E-state index contributed by atoms with van der Waals surface area (Å²) in [5.41, 5.74) is 2.69. The van der Waals surface area contributed by atoms with Crippen LogP contribution in [0.5, 0.6) is 0 Å². The normalized spacial score (nSPS) is 17.0. The maximum atomic E-state index is 12.7. The molecule has 2 atom stereocenters.